The molecule has 0 saturated carbocycles. The lowest BCUT2D eigenvalue weighted by Gasteiger charge is -2.10. The maximum Gasteiger partial charge on any atom is 0.343 e. The SMILES string of the molecule is COc1cc(C=NNC(=O)c2[nH]c3ccc(Cl)cc3c2-c2ccccc2Cl)ccc1OC(=O)c1ccc([N+](=O)[O-])cc1. The number of carbonyl (C=O) groups excluding carboxylic acids is 2. The highest BCUT2D eigenvalue weighted by Gasteiger charge is 2.21. The second kappa shape index (κ2) is 12.1. The quantitative estimate of drug-likeness (QED) is 0.0642. The fourth-order valence-electron chi connectivity index (χ4n) is 4.23. The topological polar surface area (TPSA) is 136 Å². The average molecular weight is 603 g/mol. The lowest BCUT2D eigenvalue weighted by molar-refractivity contribution is -0.384. The van der Waals surface area contributed by atoms with E-state index in [9.17, 15) is 19.7 Å². The number of nitro benzene ring substituents is 1. The summed E-state index contributed by atoms with van der Waals surface area (Å²) in [6.45, 7) is 0. The number of amides is 1. The molecule has 10 nitrogen and oxygen atoms in total. The molecule has 2 N–H and O–H groups in total. The number of nitro groups is 1. The number of nitrogens with zero attached hydrogens (tertiary/aromatic N) is 2. The summed E-state index contributed by atoms with van der Waals surface area (Å²) in [6.07, 6.45) is 1.40. The number of hydrazone groups is 1. The standard InChI is InChI=1S/C30H20Cl2N4O6/c1-41-26-14-17(6-13-25(26)42-30(38)18-7-10-20(11-8-18)36(39)40)16-33-35-29(37)28-27(21-4-2-3-5-23(21)32)22-15-19(31)9-12-24(22)34-28/h2-16,34H,1H3,(H,35,37). The Morgan fingerprint density at radius 1 is 0.976 bits per heavy atom. The van der Waals surface area contributed by atoms with E-state index in [1.165, 1.54) is 43.7 Å². The van der Waals surface area contributed by atoms with E-state index in [0.717, 1.165) is 5.39 Å². The third-order valence-corrected chi connectivity index (χ3v) is 6.78. The Morgan fingerprint density at radius 3 is 2.45 bits per heavy atom. The zero-order valence-corrected chi connectivity index (χ0v) is 23.3. The molecule has 0 aliphatic heterocycles. The number of non-ortho nitro benzene ring substituents is 1. The van der Waals surface area contributed by atoms with Crippen LogP contribution in [-0.2, 0) is 0 Å². The molecule has 42 heavy (non-hydrogen) atoms. The molecule has 0 aliphatic carbocycles. The predicted molar refractivity (Wildman–Crippen MR) is 160 cm³/mol. The molecular weight excluding hydrogens is 583 g/mol. The molecule has 1 aromatic heterocycles. The van der Waals surface area contributed by atoms with Gasteiger partial charge >= 0.3 is 5.97 Å². The van der Waals surface area contributed by atoms with Crippen LogP contribution in [0.2, 0.25) is 10.0 Å². The Bertz CT molecular complexity index is 1870. The van der Waals surface area contributed by atoms with E-state index in [1.807, 2.05) is 12.1 Å². The molecule has 0 saturated heterocycles. The maximum absolute atomic E-state index is 13.2. The summed E-state index contributed by atoms with van der Waals surface area (Å²) in [5.74, 6) is -0.864. The minimum Gasteiger partial charge on any atom is -0.493 e. The zero-order valence-electron chi connectivity index (χ0n) is 21.8. The fourth-order valence-corrected chi connectivity index (χ4v) is 4.63. The van der Waals surface area contributed by atoms with Crippen LogP contribution in [0.15, 0.2) is 90.0 Å². The Morgan fingerprint density at radius 2 is 1.74 bits per heavy atom. The smallest absolute Gasteiger partial charge is 0.343 e. The van der Waals surface area contributed by atoms with Crippen molar-refractivity contribution in [1.29, 1.82) is 0 Å². The number of hydrogen-bond acceptors (Lipinski definition) is 7. The van der Waals surface area contributed by atoms with Crippen molar-refractivity contribution in [2.24, 2.45) is 5.10 Å². The Hall–Kier alpha value is -5.19. The van der Waals surface area contributed by atoms with Crippen LogP contribution in [0.1, 0.15) is 26.4 Å². The lowest BCUT2D eigenvalue weighted by atomic mass is 10.0. The van der Waals surface area contributed by atoms with E-state index in [0.29, 0.717) is 32.3 Å². The highest BCUT2D eigenvalue weighted by Crippen LogP contribution is 2.37. The van der Waals surface area contributed by atoms with Crippen LogP contribution >= 0.6 is 23.2 Å². The third kappa shape index (κ3) is 5.95. The molecule has 5 aromatic rings. The van der Waals surface area contributed by atoms with Gasteiger partial charge in [-0.15, -0.1) is 0 Å². The number of aromatic nitrogens is 1. The molecule has 1 heterocycles. The summed E-state index contributed by atoms with van der Waals surface area (Å²) in [7, 11) is 1.40. The van der Waals surface area contributed by atoms with Crippen LogP contribution < -0.4 is 14.9 Å². The summed E-state index contributed by atoms with van der Waals surface area (Å²) in [5.41, 5.74) is 5.25. The number of methoxy groups -OCH3 is 1. The van der Waals surface area contributed by atoms with Gasteiger partial charge in [-0.2, -0.15) is 5.10 Å². The van der Waals surface area contributed by atoms with Crippen LogP contribution in [0.25, 0.3) is 22.0 Å². The summed E-state index contributed by atoms with van der Waals surface area (Å²) in [6, 6.07) is 22.1. The number of fused-ring (bicyclic) bond motifs is 1. The first-order chi connectivity index (χ1) is 20.2. The van der Waals surface area contributed by atoms with Gasteiger partial charge in [0.15, 0.2) is 11.5 Å². The summed E-state index contributed by atoms with van der Waals surface area (Å²) < 4.78 is 10.8. The molecule has 0 aliphatic rings. The van der Waals surface area contributed by atoms with Gasteiger partial charge in [0.05, 0.1) is 23.8 Å². The fraction of sp³-hybridized carbons (Fsp3) is 0.0333. The minimum absolute atomic E-state index is 0.128. The summed E-state index contributed by atoms with van der Waals surface area (Å²) in [5, 5.41) is 16.6. The van der Waals surface area contributed by atoms with E-state index >= 15 is 0 Å². The van der Waals surface area contributed by atoms with E-state index < -0.39 is 16.8 Å². The largest absolute Gasteiger partial charge is 0.493 e. The second-order valence-electron chi connectivity index (χ2n) is 8.85. The molecule has 1 amide bonds. The summed E-state index contributed by atoms with van der Waals surface area (Å²) in [4.78, 5) is 39.2. The zero-order chi connectivity index (χ0) is 29.8. The first-order valence-electron chi connectivity index (χ1n) is 12.3. The molecule has 4 aromatic carbocycles. The van der Waals surface area contributed by atoms with Crippen molar-refractivity contribution >= 4 is 57.9 Å². The van der Waals surface area contributed by atoms with Gasteiger partial charge < -0.3 is 14.5 Å². The van der Waals surface area contributed by atoms with Crippen molar-refractivity contribution in [2.45, 2.75) is 0 Å². The van der Waals surface area contributed by atoms with E-state index in [4.69, 9.17) is 32.7 Å². The normalized spacial score (nSPS) is 11.0. The number of rotatable bonds is 8. The number of carbonyl (C=O) groups is 2. The number of benzene rings is 4. The Balaban J connectivity index is 1.34. The molecule has 210 valence electrons. The van der Waals surface area contributed by atoms with Crippen LogP contribution in [0.3, 0.4) is 0 Å². The van der Waals surface area contributed by atoms with Crippen LogP contribution in [0, 0.1) is 10.1 Å². The van der Waals surface area contributed by atoms with Crippen molar-refractivity contribution in [3.05, 3.63) is 122 Å². The number of ether oxygens (including phenoxy) is 2. The third-order valence-electron chi connectivity index (χ3n) is 6.21. The van der Waals surface area contributed by atoms with Gasteiger partial charge in [0.2, 0.25) is 0 Å². The van der Waals surface area contributed by atoms with Gasteiger partial charge in [0.1, 0.15) is 5.69 Å². The van der Waals surface area contributed by atoms with Crippen molar-refractivity contribution in [1.82, 2.24) is 10.4 Å². The molecular formula is C30H20Cl2N4O6. The van der Waals surface area contributed by atoms with Crippen molar-refractivity contribution in [2.75, 3.05) is 7.11 Å². The lowest BCUT2D eigenvalue weighted by Crippen LogP contribution is -2.19. The monoisotopic (exact) mass is 602 g/mol. The number of aromatic amines is 1. The number of nitrogens with one attached hydrogen (secondary N) is 2. The van der Waals surface area contributed by atoms with Crippen molar-refractivity contribution in [3.63, 3.8) is 0 Å². The van der Waals surface area contributed by atoms with Crippen LogP contribution in [0.4, 0.5) is 5.69 Å². The van der Waals surface area contributed by atoms with Gasteiger partial charge in [0.25, 0.3) is 11.6 Å². The molecule has 0 unspecified atom stereocenters. The van der Waals surface area contributed by atoms with Crippen LogP contribution in [-0.4, -0.2) is 35.1 Å². The summed E-state index contributed by atoms with van der Waals surface area (Å²) >= 11 is 12.7. The number of esters is 1. The van der Waals surface area contributed by atoms with Crippen LogP contribution in [0.5, 0.6) is 11.5 Å². The van der Waals surface area contributed by atoms with E-state index in [-0.39, 0.29) is 28.4 Å². The molecule has 0 atom stereocenters. The number of H-pyrrole nitrogens is 1. The second-order valence-corrected chi connectivity index (χ2v) is 9.69. The van der Waals surface area contributed by atoms with E-state index in [1.54, 1.807) is 42.5 Å². The molecule has 5 rings (SSSR count). The predicted octanol–water partition coefficient (Wildman–Crippen LogP) is 7.04. The number of hydrogen-bond donors (Lipinski definition) is 2. The number of halogens is 2. The average Bonchev–Trinajstić information content (AvgIpc) is 3.36. The van der Waals surface area contributed by atoms with Gasteiger partial charge in [-0.1, -0.05) is 41.4 Å². The first-order valence-corrected chi connectivity index (χ1v) is 13.0. The van der Waals surface area contributed by atoms with E-state index in [2.05, 4.69) is 15.5 Å². The van der Waals surface area contributed by atoms with Gasteiger partial charge in [-0.3, -0.25) is 14.9 Å². The molecule has 0 spiro atoms. The highest BCUT2D eigenvalue weighted by molar-refractivity contribution is 6.34. The highest BCUT2D eigenvalue weighted by atomic mass is 35.5. The Labute approximate surface area is 248 Å². The molecule has 0 bridgehead atoms. The van der Waals surface area contributed by atoms with Gasteiger partial charge in [0, 0.05) is 44.2 Å². The minimum atomic E-state index is -0.717. The van der Waals surface area contributed by atoms with Crippen molar-refractivity contribution in [3.8, 4) is 22.6 Å². The molecule has 0 radical (unpaired) electrons. The molecule has 12 heteroatoms. The molecule has 0 fully saturated rings. The van der Waals surface area contributed by atoms with Crippen molar-refractivity contribution < 1.29 is 24.0 Å². The maximum atomic E-state index is 13.2. The Kier molecular flexibility index (Phi) is 8.19. The first kappa shape index (κ1) is 28.3. The van der Waals surface area contributed by atoms with Gasteiger partial charge in [-0.25, -0.2) is 10.2 Å². The van der Waals surface area contributed by atoms with Gasteiger partial charge in [-0.05, 0) is 60.2 Å².